The Kier molecular flexibility index (Phi) is 9.42. The van der Waals surface area contributed by atoms with Crippen LogP contribution in [0.4, 0.5) is 0 Å². The van der Waals surface area contributed by atoms with E-state index in [4.69, 9.17) is 15.2 Å². The molecule has 2 atom stereocenters. The number of halogens is 1. The smallest absolute Gasteiger partial charge is 0.161 e. The summed E-state index contributed by atoms with van der Waals surface area (Å²) < 4.78 is 10.8. The topological polar surface area (TPSA) is 64.7 Å². The first-order chi connectivity index (χ1) is 9.49. The molecule has 0 aliphatic carbocycles. The minimum atomic E-state index is -0.541. The molecule has 1 aromatic carbocycles. The molecular weight excluding hydrogens is 290 g/mol. The highest BCUT2D eigenvalue weighted by Gasteiger charge is 2.18. The van der Waals surface area contributed by atoms with Gasteiger partial charge in [0.05, 0.1) is 25.9 Å². The monoisotopic (exact) mass is 317 g/mol. The molecule has 122 valence electrons. The lowest BCUT2D eigenvalue weighted by molar-refractivity contribution is 0.128. The van der Waals surface area contributed by atoms with Gasteiger partial charge in [0.1, 0.15) is 0 Å². The second-order valence-electron chi connectivity index (χ2n) is 5.41. The van der Waals surface area contributed by atoms with Crippen LogP contribution in [0.25, 0.3) is 0 Å². The highest BCUT2D eigenvalue weighted by atomic mass is 35.5. The number of aliphatic hydroxyl groups excluding tert-OH is 1. The first kappa shape index (κ1) is 20.0. The van der Waals surface area contributed by atoms with Gasteiger partial charge in [-0.2, -0.15) is 0 Å². The molecule has 0 amide bonds. The van der Waals surface area contributed by atoms with E-state index < -0.39 is 12.1 Å². The molecule has 0 bridgehead atoms. The summed E-state index contributed by atoms with van der Waals surface area (Å²) in [6.45, 7) is 6.76. The molecule has 0 heterocycles. The van der Waals surface area contributed by atoms with E-state index in [0.717, 1.165) is 12.0 Å². The molecule has 1 rings (SSSR count). The molecule has 21 heavy (non-hydrogen) atoms. The SMILES string of the molecule is CCOc1cc([C@@H](N)[C@@H](O)CCC(C)C)ccc1OC.Cl. The number of hydrogen-bond acceptors (Lipinski definition) is 4. The van der Waals surface area contributed by atoms with Gasteiger partial charge in [-0.05, 0) is 43.4 Å². The Bertz CT molecular complexity index is 413. The third-order valence-corrected chi connectivity index (χ3v) is 3.33. The zero-order valence-electron chi connectivity index (χ0n) is 13.3. The summed E-state index contributed by atoms with van der Waals surface area (Å²) in [6.07, 6.45) is 1.12. The van der Waals surface area contributed by atoms with Crippen LogP contribution in [0.15, 0.2) is 18.2 Å². The molecule has 0 saturated heterocycles. The molecule has 4 nitrogen and oxygen atoms in total. The van der Waals surface area contributed by atoms with Crippen LogP contribution in [-0.4, -0.2) is 24.9 Å². The minimum absolute atomic E-state index is 0. The van der Waals surface area contributed by atoms with Crippen molar-refractivity contribution in [3.63, 3.8) is 0 Å². The lowest BCUT2D eigenvalue weighted by Crippen LogP contribution is -2.26. The van der Waals surface area contributed by atoms with Gasteiger partial charge in [-0.1, -0.05) is 19.9 Å². The van der Waals surface area contributed by atoms with Crippen LogP contribution in [0.3, 0.4) is 0 Å². The summed E-state index contributed by atoms with van der Waals surface area (Å²) in [6, 6.07) is 5.16. The van der Waals surface area contributed by atoms with Crippen molar-refractivity contribution in [3.05, 3.63) is 23.8 Å². The van der Waals surface area contributed by atoms with Crippen molar-refractivity contribution in [2.24, 2.45) is 11.7 Å². The van der Waals surface area contributed by atoms with Gasteiger partial charge in [-0.25, -0.2) is 0 Å². The quantitative estimate of drug-likeness (QED) is 0.772. The van der Waals surface area contributed by atoms with Gasteiger partial charge in [0.15, 0.2) is 11.5 Å². The summed E-state index contributed by atoms with van der Waals surface area (Å²) in [5.74, 6) is 1.91. The average Bonchev–Trinajstić information content (AvgIpc) is 2.44. The fourth-order valence-electron chi connectivity index (χ4n) is 2.07. The van der Waals surface area contributed by atoms with Crippen LogP contribution in [-0.2, 0) is 0 Å². The Balaban J connectivity index is 0.00000400. The van der Waals surface area contributed by atoms with E-state index in [9.17, 15) is 5.11 Å². The Hall–Kier alpha value is -0.970. The van der Waals surface area contributed by atoms with Crippen LogP contribution in [0.1, 0.15) is 45.2 Å². The molecule has 0 aromatic heterocycles. The lowest BCUT2D eigenvalue weighted by Gasteiger charge is -2.21. The van der Waals surface area contributed by atoms with Crippen LogP contribution in [0, 0.1) is 5.92 Å². The molecule has 0 aliphatic heterocycles. The van der Waals surface area contributed by atoms with E-state index in [1.54, 1.807) is 7.11 Å². The zero-order chi connectivity index (χ0) is 15.1. The Morgan fingerprint density at radius 3 is 2.38 bits per heavy atom. The highest BCUT2D eigenvalue weighted by molar-refractivity contribution is 5.85. The Morgan fingerprint density at radius 1 is 1.19 bits per heavy atom. The van der Waals surface area contributed by atoms with E-state index in [-0.39, 0.29) is 12.4 Å². The number of rotatable bonds is 8. The normalized spacial score (nSPS) is 13.5. The first-order valence-corrected chi connectivity index (χ1v) is 7.24. The molecule has 0 fully saturated rings. The molecule has 5 heteroatoms. The zero-order valence-corrected chi connectivity index (χ0v) is 14.2. The molecule has 0 spiro atoms. The van der Waals surface area contributed by atoms with Crippen LogP contribution >= 0.6 is 12.4 Å². The van der Waals surface area contributed by atoms with Crippen molar-refractivity contribution < 1.29 is 14.6 Å². The largest absolute Gasteiger partial charge is 0.493 e. The summed E-state index contributed by atoms with van der Waals surface area (Å²) in [4.78, 5) is 0. The molecule has 3 N–H and O–H groups in total. The standard InChI is InChI=1S/C16H27NO3.ClH/c1-5-20-15-10-12(7-9-14(15)19-4)16(17)13(18)8-6-11(2)3;/h7,9-11,13,16,18H,5-6,8,17H2,1-4H3;1H/t13-,16+;/m0./s1. The van der Waals surface area contributed by atoms with Crippen molar-refractivity contribution in [2.45, 2.75) is 45.8 Å². The van der Waals surface area contributed by atoms with Crippen molar-refractivity contribution >= 4 is 12.4 Å². The van der Waals surface area contributed by atoms with Gasteiger partial charge in [-0.15, -0.1) is 12.4 Å². The minimum Gasteiger partial charge on any atom is -0.493 e. The second-order valence-corrected chi connectivity index (χ2v) is 5.41. The van der Waals surface area contributed by atoms with E-state index >= 15 is 0 Å². The van der Waals surface area contributed by atoms with Crippen LogP contribution < -0.4 is 15.2 Å². The second kappa shape index (κ2) is 9.87. The third-order valence-electron chi connectivity index (χ3n) is 3.33. The molecule has 0 aliphatic rings. The van der Waals surface area contributed by atoms with Gasteiger partial charge < -0.3 is 20.3 Å². The fourth-order valence-corrected chi connectivity index (χ4v) is 2.07. The molecule has 1 aromatic rings. The predicted octanol–water partition coefficient (Wildman–Crippen LogP) is 3.31. The van der Waals surface area contributed by atoms with Gasteiger partial charge in [0.25, 0.3) is 0 Å². The predicted molar refractivity (Wildman–Crippen MR) is 88.4 cm³/mol. The van der Waals surface area contributed by atoms with E-state index in [1.165, 1.54) is 0 Å². The number of nitrogens with two attached hydrogens (primary N) is 1. The lowest BCUT2D eigenvalue weighted by atomic mass is 9.96. The van der Waals surface area contributed by atoms with E-state index in [0.29, 0.717) is 30.4 Å². The van der Waals surface area contributed by atoms with Gasteiger partial charge >= 0.3 is 0 Å². The van der Waals surface area contributed by atoms with Crippen molar-refractivity contribution in [3.8, 4) is 11.5 Å². The number of hydrogen-bond donors (Lipinski definition) is 2. The number of ether oxygens (including phenoxy) is 2. The Morgan fingerprint density at radius 2 is 1.86 bits per heavy atom. The summed E-state index contributed by atoms with van der Waals surface area (Å²) in [7, 11) is 1.61. The first-order valence-electron chi connectivity index (χ1n) is 7.24. The fraction of sp³-hybridized carbons (Fsp3) is 0.625. The highest BCUT2D eigenvalue weighted by Crippen LogP contribution is 2.31. The molecule has 0 saturated carbocycles. The summed E-state index contributed by atoms with van der Waals surface area (Å²) in [5.41, 5.74) is 7.00. The van der Waals surface area contributed by atoms with Crippen molar-refractivity contribution in [2.75, 3.05) is 13.7 Å². The third kappa shape index (κ3) is 6.12. The Labute approximate surface area is 134 Å². The van der Waals surface area contributed by atoms with Crippen LogP contribution in [0.2, 0.25) is 0 Å². The summed E-state index contributed by atoms with van der Waals surface area (Å²) >= 11 is 0. The van der Waals surface area contributed by atoms with Gasteiger partial charge in [0, 0.05) is 0 Å². The molecular formula is C16H28ClNO3. The summed E-state index contributed by atoms with van der Waals surface area (Å²) in [5, 5.41) is 10.2. The number of aliphatic hydroxyl groups is 1. The van der Waals surface area contributed by atoms with Crippen molar-refractivity contribution in [1.82, 2.24) is 0 Å². The average molecular weight is 318 g/mol. The van der Waals surface area contributed by atoms with E-state index in [1.807, 2.05) is 25.1 Å². The number of benzene rings is 1. The van der Waals surface area contributed by atoms with Crippen molar-refractivity contribution in [1.29, 1.82) is 0 Å². The maximum atomic E-state index is 10.2. The maximum absolute atomic E-state index is 10.2. The van der Waals surface area contributed by atoms with Crippen LogP contribution in [0.5, 0.6) is 11.5 Å². The molecule has 0 unspecified atom stereocenters. The van der Waals surface area contributed by atoms with Gasteiger partial charge in [-0.3, -0.25) is 0 Å². The number of methoxy groups -OCH3 is 1. The van der Waals surface area contributed by atoms with Gasteiger partial charge in [0.2, 0.25) is 0 Å². The maximum Gasteiger partial charge on any atom is 0.161 e. The van der Waals surface area contributed by atoms with E-state index in [2.05, 4.69) is 13.8 Å². The molecule has 0 radical (unpaired) electrons.